The summed E-state index contributed by atoms with van der Waals surface area (Å²) in [7, 11) is 4.10. The van der Waals surface area contributed by atoms with Crippen LogP contribution in [-0.4, -0.2) is 14.1 Å². The van der Waals surface area contributed by atoms with Crippen molar-refractivity contribution in [3.63, 3.8) is 0 Å². The van der Waals surface area contributed by atoms with E-state index in [-0.39, 0.29) is 0 Å². The van der Waals surface area contributed by atoms with Gasteiger partial charge in [-0.3, -0.25) is 0 Å². The zero-order chi connectivity index (χ0) is 15.2. The molecule has 2 aromatic rings. The molecule has 0 amide bonds. The number of aromatic nitrogens is 1. The molecule has 0 fully saturated rings. The Morgan fingerprint density at radius 1 is 1.10 bits per heavy atom. The second kappa shape index (κ2) is 6.89. The van der Waals surface area contributed by atoms with Crippen LogP contribution >= 0.6 is 0 Å². The quantitative estimate of drug-likeness (QED) is 0.592. The molecule has 2 nitrogen and oxygen atoms in total. The van der Waals surface area contributed by atoms with Gasteiger partial charge in [-0.05, 0) is 17.7 Å². The van der Waals surface area contributed by atoms with Crippen LogP contribution in [0.5, 0.6) is 0 Å². The highest BCUT2D eigenvalue weighted by Crippen LogP contribution is 2.24. The Morgan fingerprint density at radius 3 is 2.19 bits per heavy atom. The molecular weight excluding hydrogens is 256 g/mol. The van der Waals surface area contributed by atoms with E-state index < -0.39 is 0 Å². The van der Waals surface area contributed by atoms with E-state index in [1.54, 1.807) is 0 Å². The number of hydrogen-bond donors (Lipinski definition) is 0. The second-order valence-electron chi connectivity index (χ2n) is 5.14. The summed E-state index contributed by atoms with van der Waals surface area (Å²) in [6, 6.07) is 14.7. The van der Waals surface area contributed by atoms with Gasteiger partial charge in [-0.15, -0.1) is 0 Å². The molecule has 0 spiro atoms. The fourth-order valence-electron chi connectivity index (χ4n) is 2.43. The molecule has 0 unspecified atom stereocenters. The Morgan fingerprint density at radius 2 is 1.71 bits per heavy atom. The highest BCUT2D eigenvalue weighted by atomic mass is 15.1. The first-order valence-electron chi connectivity index (χ1n) is 7.27. The van der Waals surface area contributed by atoms with Gasteiger partial charge in [-0.25, -0.2) is 0 Å². The van der Waals surface area contributed by atoms with E-state index in [1.165, 1.54) is 22.5 Å². The number of hydrogen-bond acceptors (Lipinski definition) is 1. The Kier molecular flexibility index (Phi) is 4.94. The van der Waals surface area contributed by atoms with Crippen LogP contribution in [-0.2, 0) is 0 Å². The van der Waals surface area contributed by atoms with Crippen molar-refractivity contribution < 1.29 is 4.57 Å². The van der Waals surface area contributed by atoms with Crippen LogP contribution in [0, 0.1) is 0 Å². The molecule has 0 radical (unpaired) electrons. The van der Waals surface area contributed by atoms with Crippen molar-refractivity contribution in [2.75, 3.05) is 19.0 Å². The van der Waals surface area contributed by atoms with E-state index in [1.807, 2.05) is 24.3 Å². The Labute approximate surface area is 127 Å². The molecule has 108 valence electrons. The summed E-state index contributed by atoms with van der Waals surface area (Å²) in [6.45, 7) is 6.18. The smallest absolute Gasteiger partial charge is 0.194 e. The largest absolute Gasteiger partial charge is 0.378 e. The molecule has 1 heterocycles. The highest BCUT2D eigenvalue weighted by Gasteiger charge is 2.14. The fraction of sp³-hybridized carbons (Fsp3) is 0.211. The molecule has 2 heteroatoms. The van der Waals surface area contributed by atoms with Crippen LogP contribution in [0.2, 0.25) is 0 Å². The lowest BCUT2D eigenvalue weighted by atomic mass is 10.0. The van der Waals surface area contributed by atoms with Gasteiger partial charge in [-0.2, -0.15) is 4.57 Å². The second-order valence-corrected chi connectivity index (χ2v) is 5.14. The maximum Gasteiger partial charge on any atom is 0.194 e. The average Bonchev–Trinajstić information content (AvgIpc) is 2.53. The van der Waals surface area contributed by atoms with Gasteiger partial charge >= 0.3 is 0 Å². The number of nitrogens with zero attached hydrogens (tertiary/aromatic N) is 2. The molecule has 0 saturated heterocycles. The minimum Gasteiger partial charge on any atom is -0.378 e. The lowest BCUT2D eigenvalue weighted by molar-refractivity contribution is -0.582. The minimum atomic E-state index is 0.950. The molecule has 0 aliphatic carbocycles. The van der Waals surface area contributed by atoms with Crippen LogP contribution < -0.4 is 9.47 Å². The van der Waals surface area contributed by atoms with Crippen molar-refractivity contribution in [1.29, 1.82) is 0 Å². The third-order valence-electron chi connectivity index (χ3n) is 3.57. The Balaban J connectivity index is 2.50. The Bertz CT molecular complexity index is 622. The summed E-state index contributed by atoms with van der Waals surface area (Å²) in [5.74, 6) is 0. The van der Waals surface area contributed by atoms with Crippen molar-refractivity contribution in [2.45, 2.75) is 13.3 Å². The summed E-state index contributed by atoms with van der Waals surface area (Å²) in [5, 5.41) is 0. The fourth-order valence-corrected chi connectivity index (χ4v) is 2.43. The van der Waals surface area contributed by atoms with Crippen LogP contribution in [0.25, 0.3) is 11.3 Å². The lowest BCUT2D eigenvalue weighted by Gasteiger charge is -2.13. The van der Waals surface area contributed by atoms with E-state index in [0.29, 0.717) is 0 Å². The van der Waals surface area contributed by atoms with Gasteiger partial charge in [0.2, 0.25) is 0 Å². The maximum atomic E-state index is 4.01. The predicted octanol–water partition coefficient (Wildman–Crippen LogP) is 4.00. The third kappa shape index (κ3) is 3.40. The van der Waals surface area contributed by atoms with Gasteiger partial charge < -0.3 is 4.90 Å². The predicted molar refractivity (Wildman–Crippen MR) is 91.0 cm³/mol. The number of pyridine rings is 1. The van der Waals surface area contributed by atoms with Gasteiger partial charge in [0.1, 0.15) is 0 Å². The van der Waals surface area contributed by atoms with Crippen molar-refractivity contribution in [3.05, 3.63) is 73.1 Å². The SMILES string of the molecule is C=C/C(=C(/CC)[n+]1ccccc1)c1ccc(N(C)C)cc1. The lowest BCUT2D eigenvalue weighted by Crippen LogP contribution is -2.31. The molecule has 1 aromatic carbocycles. The highest BCUT2D eigenvalue weighted by molar-refractivity contribution is 5.86. The van der Waals surface area contributed by atoms with Gasteiger partial charge in [0, 0.05) is 43.9 Å². The first kappa shape index (κ1) is 15.0. The van der Waals surface area contributed by atoms with Crippen molar-refractivity contribution in [1.82, 2.24) is 0 Å². The van der Waals surface area contributed by atoms with Gasteiger partial charge in [0.05, 0.1) is 0 Å². The van der Waals surface area contributed by atoms with E-state index >= 15 is 0 Å². The summed E-state index contributed by atoms with van der Waals surface area (Å²) < 4.78 is 2.16. The molecular formula is C19H23N2+. The van der Waals surface area contributed by atoms with Gasteiger partial charge in [0.15, 0.2) is 18.1 Å². The summed E-state index contributed by atoms with van der Waals surface area (Å²) in [5.41, 5.74) is 4.83. The van der Waals surface area contributed by atoms with E-state index in [0.717, 1.165) is 6.42 Å². The molecule has 0 atom stereocenters. The number of anilines is 1. The molecule has 0 saturated carbocycles. The molecule has 1 aromatic heterocycles. The molecule has 0 N–H and O–H groups in total. The minimum absolute atomic E-state index is 0.950. The van der Waals surface area contributed by atoms with Crippen LogP contribution in [0.1, 0.15) is 18.9 Å². The normalized spacial score (nSPS) is 11.8. The molecule has 0 bridgehead atoms. The summed E-state index contributed by atoms with van der Waals surface area (Å²) >= 11 is 0. The first-order chi connectivity index (χ1) is 10.2. The molecule has 21 heavy (non-hydrogen) atoms. The van der Waals surface area contributed by atoms with Crippen LogP contribution in [0.15, 0.2) is 67.5 Å². The average molecular weight is 279 g/mol. The molecule has 2 rings (SSSR count). The number of allylic oxidation sites excluding steroid dienone is 3. The van der Waals surface area contributed by atoms with Gasteiger partial charge in [-0.1, -0.05) is 37.8 Å². The topological polar surface area (TPSA) is 7.12 Å². The van der Waals surface area contributed by atoms with Gasteiger partial charge in [0.25, 0.3) is 0 Å². The number of benzene rings is 1. The summed E-state index contributed by atoms with van der Waals surface area (Å²) in [6.07, 6.45) is 7.06. The number of rotatable bonds is 5. The Hall–Kier alpha value is -2.35. The molecule has 0 aliphatic heterocycles. The monoisotopic (exact) mass is 279 g/mol. The zero-order valence-electron chi connectivity index (χ0n) is 13.1. The zero-order valence-corrected chi connectivity index (χ0v) is 13.1. The van der Waals surface area contributed by atoms with Crippen molar-refractivity contribution in [2.24, 2.45) is 0 Å². The van der Waals surface area contributed by atoms with E-state index in [4.69, 9.17) is 0 Å². The van der Waals surface area contributed by atoms with Crippen LogP contribution in [0.4, 0.5) is 5.69 Å². The van der Waals surface area contributed by atoms with Crippen molar-refractivity contribution in [3.8, 4) is 0 Å². The van der Waals surface area contributed by atoms with Crippen molar-refractivity contribution >= 4 is 17.0 Å². The standard InChI is InChI=1S/C19H23N2/c1-5-18(16-10-12-17(13-11-16)20(3)4)19(6-2)21-14-8-7-9-15-21/h5,7-15H,1,6H2,2-4H3/q+1/b19-18+. The first-order valence-corrected chi connectivity index (χ1v) is 7.27. The van der Waals surface area contributed by atoms with E-state index in [2.05, 4.69) is 73.7 Å². The maximum absolute atomic E-state index is 4.01. The molecule has 0 aliphatic rings. The van der Waals surface area contributed by atoms with Crippen LogP contribution in [0.3, 0.4) is 0 Å². The van der Waals surface area contributed by atoms with E-state index in [9.17, 15) is 0 Å². The third-order valence-corrected chi connectivity index (χ3v) is 3.57. The summed E-state index contributed by atoms with van der Waals surface area (Å²) in [4.78, 5) is 2.10.